The summed E-state index contributed by atoms with van der Waals surface area (Å²) in [5, 5.41) is 3.04. The van der Waals surface area contributed by atoms with Gasteiger partial charge >= 0.3 is 0 Å². The summed E-state index contributed by atoms with van der Waals surface area (Å²) >= 11 is 5.03. The maximum absolute atomic E-state index is 5.03. The second-order valence-corrected chi connectivity index (χ2v) is 3.27. The normalized spacial score (nSPS) is 15.7. The van der Waals surface area contributed by atoms with E-state index in [9.17, 15) is 0 Å². The molecule has 2 rings (SSSR count). The lowest BCUT2D eigenvalue weighted by molar-refractivity contribution is 1.34. The molecule has 0 atom stereocenters. The number of benzene rings is 1. The number of rotatable bonds is 1. The van der Waals surface area contributed by atoms with Crippen molar-refractivity contribution in [1.29, 1.82) is 0 Å². The molecular weight excluding hydrogens is 166 g/mol. The standard InChI is InChI=1S/C10H9NS/c12-10-6-9(7-11-10)8-4-2-1-3-5-8/h1-5,7H,6H2,(H,11,12). The summed E-state index contributed by atoms with van der Waals surface area (Å²) in [6.07, 6.45) is 2.86. The van der Waals surface area contributed by atoms with Crippen LogP contribution in [-0.2, 0) is 0 Å². The van der Waals surface area contributed by atoms with Gasteiger partial charge in [0.25, 0.3) is 0 Å². The highest BCUT2D eigenvalue weighted by Crippen LogP contribution is 2.20. The molecule has 1 nitrogen and oxygen atoms in total. The fourth-order valence-electron chi connectivity index (χ4n) is 1.28. The molecule has 0 bridgehead atoms. The minimum atomic E-state index is 0.874. The van der Waals surface area contributed by atoms with Gasteiger partial charge in [-0.15, -0.1) is 0 Å². The van der Waals surface area contributed by atoms with E-state index in [1.807, 2.05) is 24.4 Å². The minimum absolute atomic E-state index is 0.874. The maximum atomic E-state index is 5.03. The monoisotopic (exact) mass is 175 g/mol. The molecule has 1 heterocycles. The van der Waals surface area contributed by atoms with Gasteiger partial charge in [-0.1, -0.05) is 42.5 Å². The van der Waals surface area contributed by atoms with Gasteiger partial charge in [-0.2, -0.15) is 0 Å². The molecule has 0 aromatic heterocycles. The Kier molecular flexibility index (Phi) is 1.92. The van der Waals surface area contributed by atoms with Crippen molar-refractivity contribution < 1.29 is 0 Å². The van der Waals surface area contributed by atoms with E-state index in [0.29, 0.717) is 0 Å². The molecule has 0 radical (unpaired) electrons. The summed E-state index contributed by atoms with van der Waals surface area (Å²) in [4.78, 5) is 0.911. The summed E-state index contributed by atoms with van der Waals surface area (Å²) in [5.74, 6) is 0. The molecule has 0 spiro atoms. The van der Waals surface area contributed by atoms with Crippen LogP contribution in [0.15, 0.2) is 36.5 Å². The Balaban J connectivity index is 2.28. The van der Waals surface area contributed by atoms with E-state index in [-0.39, 0.29) is 0 Å². The van der Waals surface area contributed by atoms with Crippen LogP contribution in [0, 0.1) is 0 Å². The van der Waals surface area contributed by atoms with Crippen LogP contribution >= 0.6 is 12.2 Å². The predicted molar refractivity (Wildman–Crippen MR) is 54.8 cm³/mol. The van der Waals surface area contributed by atoms with E-state index in [1.165, 1.54) is 11.1 Å². The van der Waals surface area contributed by atoms with Crippen molar-refractivity contribution in [1.82, 2.24) is 5.32 Å². The van der Waals surface area contributed by atoms with Crippen molar-refractivity contribution in [2.75, 3.05) is 0 Å². The number of hydrogen-bond donors (Lipinski definition) is 1. The van der Waals surface area contributed by atoms with Gasteiger partial charge in [0.1, 0.15) is 0 Å². The fraction of sp³-hybridized carbons (Fsp3) is 0.100. The van der Waals surface area contributed by atoms with Gasteiger partial charge in [-0.25, -0.2) is 0 Å². The third-order valence-electron chi connectivity index (χ3n) is 1.90. The molecule has 0 fully saturated rings. The van der Waals surface area contributed by atoms with Gasteiger partial charge in [-0.05, 0) is 11.1 Å². The van der Waals surface area contributed by atoms with Crippen LogP contribution in [0.2, 0.25) is 0 Å². The zero-order valence-electron chi connectivity index (χ0n) is 6.58. The molecule has 1 aliphatic rings. The van der Waals surface area contributed by atoms with Gasteiger partial charge < -0.3 is 5.32 Å². The third-order valence-corrected chi connectivity index (χ3v) is 2.17. The van der Waals surface area contributed by atoms with Crippen molar-refractivity contribution in [3.8, 4) is 0 Å². The molecule has 0 unspecified atom stereocenters. The van der Waals surface area contributed by atoms with Crippen LogP contribution in [-0.4, -0.2) is 4.99 Å². The molecule has 60 valence electrons. The zero-order chi connectivity index (χ0) is 8.39. The molecule has 0 aliphatic carbocycles. The van der Waals surface area contributed by atoms with E-state index in [1.54, 1.807) is 0 Å². The van der Waals surface area contributed by atoms with Gasteiger partial charge in [-0.3, -0.25) is 0 Å². The summed E-state index contributed by atoms with van der Waals surface area (Å²) in [7, 11) is 0. The van der Waals surface area contributed by atoms with Crippen molar-refractivity contribution in [3.63, 3.8) is 0 Å². The minimum Gasteiger partial charge on any atom is -0.356 e. The Bertz CT molecular complexity index is 327. The van der Waals surface area contributed by atoms with Crippen molar-refractivity contribution in [2.24, 2.45) is 0 Å². The Morgan fingerprint density at radius 2 is 1.92 bits per heavy atom. The van der Waals surface area contributed by atoms with Crippen LogP contribution < -0.4 is 5.32 Å². The summed E-state index contributed by atoms with van der Waals surface area (Å²) < 4.78 is 0. The largest absolute Gasteiger partial charge is 0.356 e. The van der Waals surface area contributed by atoms with Crippen LogP contribution in [0.25, 0.3) is 5.57 Å². The molecule has 1 aromatic rings. The first-order chi connectivity index (χ1) is 5.86. The van der Waals surface area contributed by atoms with Crippen LogP contribution in [0.4, 0.5) is 0 Å². The first-order valence-electron chi connectivity index (χ1n) is 3.90. The topological polar surface area (TPSA) is 12.0 Å². The van der Waals surface area contributed by atoms with Crippen LogP contribution in [0.1, 0.15) is 12.0 Å². The fourth-order valence-corrected chi connectivity index (χ4v) is 1.49. The van der Waals surface area contributed by atoms with Crippen LogP contribution in [0.3, 0.4) is 0 Å². The molecular formula is C10H9NS. The second-order valence-electron chi connectivity index (χ2n) is 2.78. The quantitative estimate of drug-likeness (QED) is 0.657. The number of nitrogens with one attached hydrogen (secondary N) is 1. The lowest BCUT2D eigenvalue weighted by Crippen LogP contribution is -2.05. The van der Waals surface area contributed by atoms with E-state index in [4.69, 9.17) is 12.2 Å². The van der Waals surface area contributed by atoms with Gasteiger partial charge in [0.05, 0.1) is 4.99 Å². The van der Waals surface area contributed by atoms with E-state index in [2.05, 4.69) is 17.4 Å². The SMILES string of the molecule is S=C1CC(c2ccccc2)=CN1. The highest BCUT2D eigenvalue weighted by Gasteiger charge is 2.09. The van der Waals surface area contributed by atoms with Crippen molar-refractivity contribution >= 4 is 22.8 Å². The average Bonchev–Trinajstić information content (AvgIpc) is 2.54. The summed E-state index contributed by atoms with van der Waals surface area (Å²) in [6.45, 7) is 0. The Morgan fingerprint density at radius 1 is 1.17 bits per heavy atom. The molecule has 2 heteroatoms. The maximum Gasteiger partial charge on any atom is 0.0838 e. The molecule has 1 N–H and O–H groups in total. The Labute approximate surface area is 77.1 Å². The number of hydrogen-bond acceptors (Lipinski definition) is 1. The van der Waals surface area contributed by atoms with E-state index < -0.39 is 0 Å². The molecule has 12 heavy (non-hydrogen) atoms. The van der Waals surface area contributed by atoms with Gasteiger partial charge in [0.15, 0.2) is 0 Å². The lowest BCUT2D eigenvalue weighted by Gasteiger charge is -1.98. The van der Waals surface area contributed by atoms with Gasteiger partial charge in [0.2, 0.25) is 0 Å². The van der Waals surface area contributed by atoms with Crippen LogP contribution in [0.5, 0.6) is 0 Å². The van der Waals surface area contributed by atoms with Gasteiger partial charge in [0, 0.05) is 12.6 Å². The highest BCUT2D eigenvalue weighted by molar-refractivity contribution is 7.80. The summed E-state index contributed by atoms with van der Waals surface area (Å²) in [5.41, 5.74) is 2.53. The Hall–Kier alpha value is -1.15. The van der Waals surface area contributed by atoms with E-state index in [0.717, 1.165) is 11.4 Å². The molecule has 1 aromatic carbocycles. The lowest BCUT2D eigenvalue weighted by atomic mass is 10.1. The first kappa shape index (κ1) is 7.50. The summed E-state index contributed by atoms with van der Waals surface area (Å²) in [6, 6.07) is 10.3. The smallest absolute Gasteiger partial charge is 0.0838 e. The highest BCUT2D eigenvalue weighted by atomic mass is 32.1. The molecule has 0 amide bonds. The zero-order valence-corrected chi connectivity index (χ0v) is 7.40. The third kappa shape index (κ3) is 1.38. The van der Waals surface area contributed by atoms with Crippen molar-refractivity contribution in [2.45, 2.75) is 6.42 Å². The number of thiocarbonyl (C=S) groups is 1. The second kappa shape index (κ2) is 3.07. The molecule has 0 saturated heterocycles. The Morgan fingerprint density at radius 3 is 2.50 bits per heavy atom. The first-order valence-corrected chi connectivity index (χ1v) is 4.31. The predicted octanol–water partition coefficient (Wildman–Crippen LogP) is 2.35. The average molecular weight is 175 g/mol. The van der Waals surface area contributed by atoms with E-state index >= 15 is 0 Å². The van der Waals surface area contributed by atoms with Crippen molar-refractivity contribution in [3.05, 3.63) is 42.1 Å². The molecule has 0 saturated carbocycles. The molecule has 1 aliphatic heterocycles.